The first-order valence-corrected chi connectivity index (χ1v) is 7.49. The Bertz CT molecular complexity index is 712. The molecule has 5 nitrogen and oxygen atoms in total. The second-order valence-corrected chi connectivity index (χ2v) is 5.65. The van der Waals surface area contributed by atoms with Crippen LogP contribution < -0.4 is 10.6 Å². The molecule has 2 aromatic carbocycles. The Morgan fingerprint density at radius 3 is 2.04 bits per heavy atom. The maximum Gasteiger partial charge on any atom is 0.325 e. The van der Waals surface area contributed by atoms with E-state index in [1.807, 2.05) is 0 Å². The van der Waals surface area contributed by atoms with Gasteiger partial charge in [-0.05, 0) is 43.3 Å². The zero-order chi connectivity index (χ0) is 17.0. The van der Waals surface area contributed by atoms with Gasteiger partial charge in [0.2, 0.25) is 0 Å². The number of hydrogen-bond acceptors (Lipinski definition) is 3. The quantitative estimate of drug-likeness (QED) is 0.755. The number of hydrogen-bond donors (Lipinski definition) is 3. The lowest BCUT2D eigenvalue weighted by molar-refractivity contribution is -0.137. The molecule has 1 amide bonds. The highest BCUT2D eigenvalue weighted by atomic mass is 35.5. The van der Waals surface area contributed by atoms with E-state index in [2.05, 4.69) is 10.6 Å². The number of halogens is 2. The lowest BCUT2D eigenvalue weighted by atomic mass is 10.2. The van der Waals surface area contributed by atoms with E-state index in [1.54, 1.807) is 42.5 Å². The molecule has 0 fully saturated rings. The standard InChI is InChI=1S/C16H14Cl2N2O3/c1-9(16(22)23)19-10-5-7-11(8-6-10)20-15(21)14-12(17)3-2-4-13(14)18/h2-9,19H,1H3,(H,20,21)(H,22,23)/t9-/m0/s1. The van der Waals surface area contributed by atoms with E-state index in [0.29, 0.717) is 11.4 Å². The number of carbonyl (C=O) groups excluding carboxylic acids is 1. The summed E-state index contributed by atoms with van der Waals surface area (Å²) in [6.45, 7) is 1.54. The molecule has 0 aromatic heterocycles. The predicted octanol–water partition coefficient (Wildman–Crippen LogP) is 4.13. The third kappa shape index (κ3) is 4.37. The van der Waals surface area contributed by atoms with Gasteiger partial charge >= 0.3 is 5.97 Å². The van der Waals surface area contributed by atoms with Gasteiger partial charge < -0.3 is 15.7 Å². The van der Waals surface area contributed by atoms with Crippen molar-refractivity contribution >= 4 is 46.5 Å². The topological polar surface area (TPSA) is 78.4 Å². The maximum absolute atomic E-state index is 12.2. The van der Waals surface area contributed by atoms with Crippen molar-refractivity contribution < 1.29 is 14.7 Å². The molecule has 7 heteroatoms. The Morgan fingerprint density at radius 1 is 1.00 bits per heavy atom. The summed E-state index contributed by atoms with van der Waals surface area (Å²) in [5, 5.41) is 14.9. The van der Waals surface area contributed by atoms with Crippen LogP contribution in [0.25, 0.3) is 0 Å². The number of anilines is 2. The van der Waals surface area contributed by atoms with E-state index < -0.39 is 17.9 Å². The molecule has 120 valence electrons. The predicted molar refractivity (Wildman–Crippen MR) is 91.6 cm³/mol. The van der Waals surface area contributed by atoms with Gasteiger partial charge in [0, 0.05) is 11.4 Å². The summed E-state index contributed by atoms with van der Waals surface area (Å²) in [6, 6.07) is 10.8. The highest BCUT2D eigenvalue weighted by Crippen LogP contribution is 2.25. The van der Waals surface area contributed by atoms with Crippen LogP contribution in [-0.4, -0.2) is 23.0 Å². The number of carbonyl (C=O) groups is 2. The number of benzene rings is 2. The molecule has 0 radical (unpaired) electrons. The minimum atomic E-state index is -0.948. The van der Waals surface area contributed by atoms with E-state index in [-0.39, 0.29) is 15.6 Å². The van der Waals surface area contributed by atoms with Crippen LogP contribution >= 0.6 is 23.2 Å². The molecule has 3 N–H and O–H groups in total. The average Bonchev–Trinajstić information content (AvgIpc) is 2.49. The third-order valence-electron chi connectivity index (χ3n) is 3.09. The summed E-state index contributed by atoms with van der Waals surface area (Å²) in [6.07, 6.45) is 0. The molecule has 0 aliphatic rings. The fraction of sp³-hybridized carbons (Fsp3) is 0.125. The van der Waals surface area contributed by atoms with Gasteiger partial charge in [-0.1, -0.05) is 29.3 Å². The Morgan fingerprint density at radius 2 is 1.52 bits per heavy atom. The minimum absolute atomic E-state index is 0.206. The smallest absolute Gasteiger partial charge is 0.325 e. The summed E-state index contributed by atoms with van der Waals surface area (Å²) in [4.78, 5) is 23.0. The molecule has 0 heterocycles. The van der Waals surface area contributed by atoms with Gasteiger partial charge in [0.25, 0.3) is 5.91 Å². The molecule has 0 aliphatic heterocycles. The van der Waals surface area contributed by atoms with Crippen molar-refractivity contribution in [2.45, 2.75) is 13.0 Å². The molecule has 23 heavy (non-hydrogen) atoms. The zero-order valence-corrected chi connectivity index (χ0v) is 13.7. The second kappa shape index (κ2) is 7.35. The first-order chi connectivity index (χ1) is 10.9. The Hall–Kier alpha value is -2.24. The second-order valence-electron chi connectivity index (χ2n) is 4.83. The van der Waals surface area contributed by atoms with Crippen molar-refractivity contribution in [3.63, 3.8) is 0 Å². The molecule has 2 rings (SSSR count). The van der Waals surface area contributed by atoms with Crippen molar-refractivity contribution in [1.82, 2.24) is 0 Å². The minimum Gasteiger partial charge on any atom is -0.480 e. The van der Waals surface area contributed by atoms with Crippen LogP contribution in [0.2, 0.25) is 10.0 Å². The number of aliphatic carboxylic acids is 1. The first-order valence-electron chi connectivity index (χ1n) is 6.73. The normalized spacial score (nSPS) is 11.6. The van der Waals surface area contributed by atoms with Crippen LogP contribution in [0, 0.1) is 0 Å². The molecule has 0 saturated carbocycles. The van der Waals surface area contributed by atoms with Gasteiger partial charge in [-0.3, -0.25) is 9.59 Å². The number of carboxylic acids is 1. The Labute approximate surface area is 143 Å². The molecular formula is C16H14Cl2N2O3. The van der Waals surface area contributed by atoms with Crippen LogP contribution in [0.1, 0.15) is 17.3 Å². The van der Waals surface area contributed by atoms with Crippen molar-refractivity contribution in [3.05, 3.63) is 58.1 Å². The Kier molecular flexibility index (Phi) is 5.47. The summed E-state index contributed by atoms with van der Waals surface area (Å²) in [5.41, 5.74) is 1.38. The fourth-order valence-corrected chi connectivity index (χ4v) is 2.44. The van der Waals surface area contributed by atoms with Gasteiger partial charge in [-0.2, -0.15) is 0 Å². The highest BCUT2D eigenvalue weighted by Gasteiger charge is 2.15. The largest absolute Gasteiger partial charge is 0.480 e. The number of carboxylic acid groups (broad SMARTS) is 1. The molecule has 0 spiro atoms. The van der Waals surface area contributed by atoms with Crippen molar-refractivity contribution in [3.8, 4) is 0 Å². The SMILES string of the molecule is C[C@H](Nc1ccc(NC(=O)c2c(Cl)cccc2Cl)cc1)C(=O)O. The van der Waals surface area contributed by atoms with Crippen LogP contribution in [0.15, 0.2) is 42.5 Å². The summed E-state index contributed by atoms with van der Waals surface area (Å²) in [7, 11) is 0. The van der Waals surface area contributed by atoms with Gasteiger partial charge in [0.1, 0.15) is 6.04 Å². The van der Waals surface area contributed by atoms with Crippen molar-refractivity contribution in [2.75, 3.05) is 10.6 Å². The number of amides is 1. The molecular weight excluding hydrogens is 339 g/mol. The van der Waals surface area contributed by atoms with Crippen LogP contribution in [-0.2, 0) is 4.79 Å². The fourth-order valence-electron chi connectivity index (χ4n) is 1.87. The van der Waals surface area contributed by atoms with Gasteiger partial charge in [0.05, 0.1) is 15.6 Å². The summed E-state index contributed by atoms with van der Waals surface area (Å²) < 4.78 is 0. The average molecular weight is 353 g/mol. The molecule has 0 aliphatic carbocycles. The Balaban J connectivity index is 2.09. The highest BCUT2D eigenvalue weighted by molar-refractivity contribution is 6.40. The molecule has 1 atom stereocenters. The molecule has 2 aromatic rings. The molecule has 0 bridgehead atoms. The van der Waals surface area contributed by atoms with Gasteiger partial charge in [0.15, 0.2) is 0 Å². The van der Waals surface area contributed by atoms with E-state index in [9.17, 15) is 9.59 Å². The number of rotatable bonds is 5. The monoisotopic (exact) mass is 352 g/mol. The lowest BCUT2D eigenvalue weighted by Gasteiger charge is -2.12. The summed E-state index contributed by atoms with van der Waals surface area (Å²) in [5.74, 6) is -1.36. The number of nitrogens with one attached hydrogen (secondary N) is 2. The summed E-state index contributed by atoms with van der Waals surface area (Å²) >= 11 is 12.0. The van der Waals surface area contributed by atoms with E-state index in [0.717, 1.165) is 0 Å². The lowest BCUT2D eigenvalue weighted by Crippen LogP contribution is -2.25. The molecule has 0 saturated heterocycles. The van der Waals surface area contributed by atoms with Crippen LogP contribution in [0.5, 0.6) is 0 Å². The maximum atomic E-state index is 12.2. The van der Waals surface area contributed by atoms with Gasteiger partial charge in [-0.25, -0.2) is 0 Å². The van der Waals surface area contributed by atoms with E-state index in [1.165, 1.54) is 6.92 Å². The third-order valence-corrected chi connectivity index (χ3v) is 3.72. The van der Waals surface area contributed by atoms with Crippen molar-refractivity contribution in [2.24, 2.45) is 0 Å². The zero-order valence-electron chi connectivity index (χ0n) is 12.1. The van der Waals surface area contributed by atoms with Crippen LogP contribution in [0.4, 0.5) is 11.4 Å². The molecule has 0 unspecified atom stereocenters. The first kappa shape index (κ1) is 17.1. The van der Waals surface area contributed by atoms with E-state index >= 15 is 0 Å². The van der Waals surface area contributed by atoms with Crippen LogP contribution in [0.3, 0.4) is 0 Å². The van der Waals surface area contributed by atoms with Gasteiger partial charge in [-0.15, -0.1) is 0 Å². The van der Waals surface area contributed by atoms with Crippen molar-refractivity contribution in [1.29, 1.82) is 0 Å². The van der Waals surface area contributed by atoms with E-state index in [4.69, 9.17) is 28.3 Å².